The van der Waals surface area contributed by atoms with Crippen LogP contribution in [0, 0.1) is 0 Å². The molecule has 0 radical (unpaired) electrons. The van der Waals surface area contributed by atoms with Crippen LogP contribution in [-0.4, -0.2) is 5.11 Å². The molecule has 2 heteroatoms. The molecule has 1 aromatic heterocycles. The Bertz CT molecular complexity index is 252. The summed E-state index contributed by atoms with van der Waals surface area (Å²) in [6, 6.07) is 4.05. The van der Waals surface area contributed by atoms with Crippen LogP contribution in [0.15, 0.2) is 24.8 Å². The second-order valence-corrected chi connectivity index (χ2v) is 3.93. The molecule has 1 unspecified atom stereocenters. The molecule has 0 bridgehead atoms. The normalized spacial score (nSPS) is 12.8. The third-order valence-electron chi connectivity index (χ3n) is 1.69. The molecule has 0 aliphatic rings. The van der Waals surface area contributed by atoms with Crippen LogP contribution in [0.2, 0.25) is 0 Å². The van der Waals surface area contributed by atoms with Crippen molar-refractivity contribution < 1.29 is 5.11 Å². The van der Waals surface area contributed by atoms with Gasteiger partial charge >= 0.3 is 0 Å². The van der Waals surface area contributed by atoms with Crippen LogP contribution in [0.5, 0.6) is 0 Å². The molecular formula is C10H14OS. The minimum atomic E-state index is -0.486. The summed E-state index contributed by atoms with van der Waals surface area (Å²) in [5.74, 6) is 0. The van der Waals surface area contributed by atoms with Gasteiger partial charge in [-0.05, 0) is 18.6 Å². The van der Waals surface area contributed by atoms with Crippen molar-refractivity contribution in [3.63, 3.8) is 0 Å². The van der Waals surface area contributed by atoms with Crippen LogP contribution >= 0.6 is 11.3 Å². The quantitative estimate of drug-likeness (QED) is 0.710. The Morgan fingerprint density at radius 1 is 1.67 bits per heavy atom. The first kappa shape index (κ1) is 9.49. The van der Waals surface area contributed by atoms with Gasteiger partial charge in [-0.15, -0.1) is 17.9 Å². The van der Waals surface area contributed by atoms with Crippen molar-refractivity contribution in [3.8, 4) is 0 Å². The summed E-state index contributed by atoms with van der Waals surface area (Å²) in [4.78, 5) is 2.34. The van der Waals surface area contributed by atoms with E-state index in [4.69, 9.17) is 0 Å². The van der Waals surface area contributed by atoms with Gasteiger partial charge in [-0.2, -0.15) is 0 Å². The fourth-order valence-corrected chi connectivity index (χ4v) is 2.15. The summed E-state index contributed by atoms with van der Waals surface area (Å²) in [7, 11) is 0. The van der Waals surface area contributed by atoms with Crippen LogP contribution in [0.1, 0.15) is 29.2 Å². The fraction of sp³-hybridized carbons (Fsp3) is 0.400. The second-order valence-electron chi connectivity index (χ2n) is 2.73. The molecule has 0 saturated carbocycles. The van der Waals surface area contributed by atoms with Gasteiger partial charge in [0.15, 0.2) is 0 Å². The molecule has 0 aliphatic heterocycles. The van der Waals surface area contributed by atoms with Crippen molar-refractivity contribution in [2.24, 2.45) is 0 Å². The van der Waals surface area contributed by atoms with Crippen LogP contribution in [-0.2, 0) is 6.42 Å². The molecule has 1 atom stereocenters. The molecule has 0 saturated heterocycles. The van der Waals surface area contributed by atoms with Gasteiger partial charge < -0.3 is 5.11 Å². The highest BCUT2D eigenvalue weighted by molar-refractivity contribution is 7.12. The van der Waals surface area contributed by atoms with Gasteiger partial charge in [-0.3, -0.25) is 0 Å². The molecule has 1 nitrogen and oxygen atoms in total. The van der Waals surface area contributed by atoms with Gasteiger partial charge in [0.25, 0.3) is 0 Å². The Morgan fingerprint density at radius 2 is 2.42 bits per heavy atom. The first-order chi connectivity index (χ1) is 5.77. The second kappa shape index (κ2) is 4.43. The van der Waals surface area contributed by atoms with Gasteiger partial charge in [0.05, 0.1) is 0 Å². The smallest absolute Gasteiger partial charge is 0.106 e. The van der Waals surface area contributed by atoms with E-state index in [0.717, 1.165) is 17.7 Å². The van der Waals surface area contributed by atoms with E-state index in [2.05, 4.69) is 19.6 Å². The number of rotatable bonds is 4. The summed E-state index contributed by atoms with van der Waals surface area (Å²) in [6.07, 6.45) is 3.33. The van der Waals surface area contributed by atoms with E-state index in [0.29, 0.717) is 0 Å². The topological polar surface area (TPSA) is 20.2 Å². The molecule has 66 valence electrons. The Kier molecular flexibility index (Phi) is 3.50. The molecule has 1 rings (SSSR count). The maximum absolute atomic E-state index is 9.40. The van der Waals surface area contributed by atoms with E-state index < -0.39 is 6.10 Å². The first-order valence-corrected chi connectivity index (χ1v) is 4.98. The van der Waals surface area contributed by atoms with Crippen LogP contribution in [0.3, 0.4) is 0 Å². The Labute approximate surface area is 77.4 Å². The van der Waals surface area contributed by atoms with Crippen molar-refractivity contribution in [2.45, 2.75) is 25.9 Å². The van der Waals surface area contributed by atoms with Crippen molar-refractivity contribution in [3.05, 3.63) is 34.5 Å². The minimum absolute atomic E-state index is 0.486. The number of hydrogen-bond acceptors (Lipinski definition) is 2. The highest BCUT2D eigenvalue weighted by Crippen LogP contribution is 2.24. The van der Waals surface area contributed by atoms with E-state index in [-0.39, 0.29) is 0 Å². The zero-order valence-corrected chi connectivity index (χ0v) is 8.10. The summed E-state index contributed by atoms with van der Waals surface area (Å²) in [5.41, 5.74) is 0. The van der Waals surface area contributed by atoms with Crippen molar-refractivity contribution >= 4 is 11.3 Å². The highest BCUT2D eigenvalue weighted by Gasteiger charge is 2.05. The van der Waals surface area contributed by atoms with Gasteiger partial charge in [-0.25, -0.2) is 0 Å². The number of aliphatic hydroxyl groups is 1. The standard InChI is InChI=1S/C10H14OS/c1-3-5-8-6-7-10(12-8)9(11)4-2/h4,6-7,9,11H,2-3,5H2,1H3. The summed E-state index contributed by atoms with van der Waals surface area (Å²) >= 11 is 1.67. The number of aryl methyl sites for hydroxylation is 1. The number of aliphatic hydroxyl groups excluding tert-OH is 1. The van der Waals surface area contributed by atoms with E-state index in [1.807, 2.05) is 6.07 Å². The molecule has 0 spiro atoms. The van der Waals surface area contributed by atoms with Crippen LogP contribution < -0.4 is 0 Å². The van der Waals surface area contributed by atoms with Crippen LogP contribution in [0.4, 0.5) is 0 Å². The molecule has 0 fully saturated rings. The van der Waals surface area contributed by atoms with Gasteiger partial charge in [-0.1, -0.05) is 19.4 Å². The SMILES string of the molecule is C=CC(O)c1ccc(CCC)s1. The average Bonchev–Trinajstić information content (AvgIpc) is 2.52. The maximum atomic E-state index is 9.40. The summed E-state index contributed by atoms with van der Waals surface area (Å²) < 4.78 is 0. The third kappa shape index (κ3) is 2.19. The maximum Gasteiger partial charge on any atom is 0.106 e. The molecule has 1 aromatic rings. The van der Waals surface area contributed by atoms with Gasteiger partial charge in [0.1, 0.15) is 6.10 Å². The fourth-order valence-electron chi connectivity index (χ4n) is 1.05. The Morgan fingerprint density at radius 3 is 3.00 bits per heavy atom. The first-order valence-electron chi connectivity index (χ1n) is 4.17. The van der Waals surface area contributed by atoms with Crippen molar-refractivity contribution in [1.29, 1.82) is 0 Å². The average molecular weight is 182 g/mol. The predicted molar refractivity (Wildman–Crippen MR) is 53.5 cm³/mol. The molecule has 1 heterocycles. The lowest BCUT2D eigenvalue weighted by Crippen LogP contribution is -1.85. The molecule has 12 heavy (non-hydrogen) atoms. The van der Waals surface area contributed by atoms with E-state index in [1.165, 1.54) is 4.88 Å². The molecule has 1 N–H and O–H groups in total. The summed E-state index contributed by atoms with van der Waals surface area (Å²) in [5, 5.41) is 9.40. The largest absolute Gasteiger partial charge is 0.383 e. The molecule has 0 amide bonds. The Balaban J connectivity index is 2.69. The molecule has 0 aromatic carbocycles. The lowest BCUT2D eigenvalue weighted by atomic mass is 10.2. The molecule has 0 aliphatic carbocycles. The van der Waals surface area contributed by atoms with Crippen LogP contribution in [0.25, 0.3) is 0 Å². The number of hydrogen-bond donors (Lipinski definition) is 1. The van der Waals surface area contributed by atoms with Gasteiger partial charge in [0.2, 0.25) is 0 Å². The van der Waals surface area contributed by atoms with Gasteiger partial charge in [0, 0.05) is 9.75 Å². The Hall–Kier alpha value is -0.600. The molecular weight excluding hydrogens is 168 g/mol. The van der Waals surface area contributed by atoms with E-state index in [9.17, 15) is 5.11 Å². The monoisotopic (exact) mass is 182 g/mol. The van der Waals surface area contributed by atoms with Crippen molar-refractivity contribution in [2.75, 3.05) is 0 Å². The predicted octanol–water partition coefficient (Wildman–Crippen LogP) is 2.92. The van der Waals surface area contributed by atoms with E-state index >= 15 is 0 Å². The van der Waals surface area contributed by atoms with E-state index in [1.54, 1.807) is 17.4 Å². The minimum Gasteiger partial charge on any atom is -0.383 e. The number of thiophene rings is 1. The lowest BCUT2D eigenvalue weighted by molar-refractivity contribution is 0.233. The highest BCUT2D eigenvalue weighted by atomic mass is 32.1. The lowest BCUT2D eigenvalue weighted by Gasteiger charge is -1.98. The zero-order valence-electron chi connectivity index (χ0n) is 7.29. The van der Waals surface area contributed by atoms with Crippen molar-refractivity contribution in [1.82, 2.24) is 0 Å². The zero-order chi connectivity index (χ0) is 8.97. The summed E-state index contributed by atoms with van der Waals surface area (Å²) in [6.45, 7) is 5.70. The third-order valence-corrected chi connectivity index (χ3v) is 2.91.